The number of carbonyl (C=O) groups is 1. The van der Waals surface area contributed by atoms with E-state index in [0.29, 0.717) is 62.0 Å². The summed E-state index contributed by atoms with van der Waals surface area (Å²) < 4.78 is 24.9. The molecule has 1 aliphatic rings. The first kappa shape index (κ1) is 26.4. The van der Waals surface area contributed by atoms with Crippen LogP contribution in [0.15, 0.2) is 47.6 Å². The van der Waals surface area contributed by atoms with Crippen molar-refractivity contribution in [3.05, 3.63) is 59.2 Å². The van der Waals surface area contributed by atoms with Gasteiger partial charge in [0.25, 0.3) is 5.91 Å². The second kappa shape index (κ2) is 12.5. The fourth-order valence-electron chi connectivity index (χ4n) is 3.29. The minimum absolute atomic E-state index is 0.227. The van der Waals surface area contributed by atoms with Crippen LogP contribution in [0.25, 0.3) is 0 Å². The van der Waals surface area contributed by atoms with Gasteiger partial charge in [-0.25, -0.2) is 9.93 Å². The van der Waals surface area contributed by atoms with E-state index in [2.05, 4.69) is 26.7 Å². The highest BCUT2D eigenvalue weighted by molar-refractivity contribution is 6.06. The first-order valence-electron chi connectivity index (χ1n) is 11.5. The number of hydrazine groups is 2. The summed E-state index contributed by atoms with van der Waals surface area (Å²) >= 11 is 0. The fourth-order valence-corrected chi connectivity index (χ4v) is 3.29. The summed E-state index contributed by atoms with van der Waals surface area (Å²) in [6.07, 6.45) is 0. The Morgan fingerprint density at radius 1 is 1.11 bits per heavy atom. The molecule has 0 spiro atoms. The molecule has 2 aromatic carbocycles. The van der Waals surface area contributed by atoms with Crippen LogP contribution >= 0.6 is 0 Å². The maximum atomic E-state index is 14.2. The SMILES string of the molecule is CN1NN=C(c2cc(C(=O)NCCOCCOCCN)ccc2Nc2ccc(C(C)(C)F)cc2)N1. The van der Waals surface area contributed by atoms with E-state index in [1.807, 2.05) is 18.2 Å². The van der Waals surface area contributed by atoms with Crippen molar-refractivity contribution in [1.29, 1.82) is 0 Å². The largest absolute Gasteiger partial charge is 0.378 e. The Morgan fingerprint density at radius 3 is 2.46 bits per heavy atom. The molecule has 3 rings (SSSR count). The summed E-state index contributed by atoms with van der Waals surface area (Å²) in [6.45, 7) is 5.67. The van der Waals surface area contributed by atoms with Crippen LogP contribution in [-0.4, -0.2) is 63.4 Å². The predicted molar refractivity (Wildman–Crippen MR) is 134 cm³/mol. The molecule has 11 heteroatoms. The highest BCUT2D eigenvalue weighted by Crippen LogP contribution is 2.28. The quantitative estimate of drug-likeness (QED) is 0.272. The molecule has 0 aliphatic carbocycles. The molecule has 0 radical (unpaired) electrons. The second-order valence-electron chi connectivity index (χ2n) is 8.44. The molecule has 0 aromatic heterocycles. The molecule has 0 atom stereocenters. The maximum absolute atomic E-state index is 14.2. The predicted octanol–water partition coefficient (Wildman–Crippen LogP) is 1.97. The first-order valence-corrected chi connectivity index (χ1v) is 11.5. The lowest BCUT2D eigenvalue weighted by Gasteiger charge is -2.17. The molecule has 2 aromatic rings. The van der Waals surface area contributed by atoms with Crippen LogP contribution in [-0.2, 0) is 15.1 Å². The molecule has 1 amide bonds. The van der Waals surface area contributed by atoms with Gasteiger partial charge in [-0.3, -0.25) is 10.2 Å². The van der Waals surface area contributed by atoms with Crippen molar-refractivity contribution < 1.29 is 18.7 Å². The van der Waals surface area contributed by atoms with Gasteiger partial charge in [-0.1, -0.05) is 12.1 Å². The molecule has 0 saturated carbocycles. The van der Waals surface area contributed by atoms with Crippen LogP contribution < -0.4 is 27.3 Å². The number of carbonyl (C=O) groups excluding carboxylic acids is 1. The van der Waals surface area contributed by atoms with Gasteiger partial charge >= 0.3 is 0 Å². The normalized spacial score (nSPS) is 13.7. The van der Waals surface area contributed by atoms with Crippen molar-refractivity contribution in [1.82, 2.24) is 21.4 Å². The summed E-state index contributed by atoms with van der Waals surface area (Å²) in [5.74, 6) is 0.321. The van der Waals surface area contributed by atoms with Crippen LogP contribution in [0, 0.1) is 0 Å². The van der Waals surface area contributed by atoms with Crippen molar-refractivity contribution in [3.8, 4) is 0 Å². The van der Waals surface area contributed by atoms with Gasteiger partial charge in [0, 0.05) is 42.6 Å². The van der Waals surface area contributed by atoms with Gasteiger partial charge in [-0.15, -0.1) is 10.2 Å². The zero-order valence-corrected chi connectivity index (χ0v) is 20.4. The fraction of sp³-hybridized carbons (Fsp3) is 0.417. The monoisotopic (exact) mass is 487 g/mol. The van der Waals surface area contributed by atoms with Crippen LogP contribution in [0.3, 0.4) is 0 Å². The number of nitrogens with one attached hydrogen (secondary N) is 4. The Labute approximate surface area is 205 Å². The number of hydrogen-bond donors (Lipinski definition) is 5. The van der Waals surface area contributed by atoms with Crippen LogP contribution in [0.4, 0.5) is 15.8 Å². The van der Waals surface area contributed by atoms with Gasteiger partial charge < -0.3 is 25.8 Å². The van der Waals surface area contributed by atoms with Gasteiger partial charge in [0.05, 0.1) is 26.4 Å². The Kier molecular flexibility index (Phi) is 9.38. The van der Waals surface area contributed by atoms with Crippen molar-refractivity contribution in [2.75, 3.05) is 51.9 Å². The lowest BCUT2D eigenvalue weighted by molar-refractivity contribution is 0.0511. The van der Waals surface area contributed by atoms with Gasteiger partial charge in [-0.2, -0.15) is 0 Å². The van der Waals surface area contributed by atoms with Crippen LogP contribution in [0.2, 0.25) is 0 Å². The molecule has 35 heavy (non-hydrogen) atoms. The number of hydrogen-bond acceptors (Lipinski definition) is 9. The number of amidine groups is 1. The number of alkyl halides is 1. The van der Waals surface area contributed by atoms with E-state index in [4.69, 9.17) is 15.2 Å². The Morgan fingerprint density at radius 2 is 1.83 bits per heavy atom. The van der Waals surface area contributed by atoms with E-state index in [1.54, 1.807) is 36.4 Å². The molecule has 0 saturated heterocycles. The molecular weight excluding hydrogens is 453 g/mol. The number of rotatable bonds is 13. The highest BCUT2D eigenvalue weighted by atomic mass is 19.1. The summed E-state index contributed by atoms with van der Waals surface area (Å²) in [7, 11) is 1.78. The maximum Gasteiger partial charge on any atom is 0.251 e. The third-order valence-electron chi connectivity index (χ3n) is 5.14. The summed E-state index contributed by atoms with van der Waals surface area (Å²) in [5, 5.41) is 12.0. The van der Waals surface area contributed by atoms with Crippen molar-refractivity contribution in [3.63, 3.8) is 0 Å². The van der Waals surface area contributed by atoms with E-state index >= 15 is 0 Å². The number of nitrogens with zero attached hydrogens (tertiary/aromatic N) is 2. The minimum atomic E-state index is -1.42. The standard InChI is InChI=1S/C24H34FN7O3/c1-24(2,25)18-5-7-19(8-6-18)28-21-9-4-17(16-20(21)22-29-31-32(3)30-22)23(33)27-11-13-35-15-14-34-12-10-26/h4-9,16,28,31H,10-15,26H2,1-3H3,(H,27,33)(H,29,30). The number of anilines is 2. The topological polar surface area (TPSA) is 125 Å². The second-order valence-corrected chi connectivity index (χ2v) is 8.44. The molecular formula is C24H34FN7O3. The number of hydrazone groups is 1. The Hall–Kier alpha value is -3.25. The number of halogens is 1. The van der Waals surface area contributed by atoms with E-state index in [0.717, 1.165) is 11.4 Å². The smallest absolute Gasteiger partial charge is 0.251 e. The third kappa shape index (κ3) is 7.89. The zero-order chi connectivity index (χ0) is 25.3. The molecule has 10 nitrogen and oxygen atoms in total. The van der Waals surface area contributed by atoms with Crippen molar-refractivity contribution in [2.45, 2.75) is 19.5 Å². The lowest BCUT2D eigenvalue weighted by atomic mass is 10.00. The van der Waals surface area contributed by atoms with E-state index in [1.165, 1.54) is 13.8 Å². The summed E-state index contributed by atoms with van der Waals surface area (Å²) in [6, 6.07) is 12.4. The molecule has 0 unspecified atom stereocenters. The first-order chi connectivity index (χ1) is 16.8. The molecule has 6 N–H and O–H groups in total. The Bertz CT molecular complexity index is 1010. The van der Waals surface area contributed by atoms with E-state index in [-0.39, 0.29) is 5.91 Å². The molecule has 0 bridgehead atoms. The van der Waals surface area contributed by atoms with Crippen LogP contribution in [0.1, 0.15) is 35.3 Å². The number of ether oxygens (including phenoxy) is 2. The Balaban J connectivity index is 1.66. The van der Waals surface area contributed by atoms with E-state index in [9.17, 15) is 9.18 Å². The molecule has 1 aliphatic heterocycles. The molecule has 190 valence electrons. The molecule has 0 fully saturated rings. The summed E-state index contributed by atoms with van der Waals surface area (Å²) in [5.41, 5.74) is 13.1. The average molecular weight is 488 g/mol. The van der Waals surface area contributed by atoms with E-state index < -0.39 is 5.67 Å². The number of benzene rings is 2. The average Bonchev–Trinajstić information content (AvgIpc) is 3.26. The lowest BCUT2D eigenvalue weighted by Crippen LogP contribution is -2.38. The number of nitrogens with two attached hydrogens (primary N) is 1. The third-order valence-corrected chi connectivity index (χ3v) is 5.14. The van der Waals surface area contributed by atoms with Crippen LogP contribution in [0.5, 0.6) is 0 Å². The van der Waals surface area contributed by atoms with Crippen molar-refractivity contribution >= 4 is 23.1 Å². The van der Waals surface area contributed by atoms with Gasteiger partial charge in [0.15, 0.2) is 5.84 Å². The van der Waals surface area contributed by atoms with Crippen molar-refractivity contribution in [2.24, 2.45) is 10.8 Å². The zero-order valence-electron chi connectivity index (χ0n) is 20.4. The number of amides is 1. The van der Waals surface area contributed by atoms with Gasteiger partial charge in [-0.05, 0) is 49.7 Å². The highest BCUT2D eigenvalue weighted by Gasteiger charge is 2.20. The van der Waals surface area contributed by atoms with Gasteiger partial charge in [0.1, 0.15) is 5.67 Å². The summed E-state index contributed by atoms with van der Waals surface area (Å²) in [4.78, 5) is 12.7. The van der Waals surface area contributed by atoms with Gasteiger partial charge in [0.2, 0.25) is 0 Å². The minimum Gasteiger partial charge on any atom is -0.378 e. The molecule has 1 heterocycles.